The van der Waals surface area contributed by atoms with Gasteiger partial charge in [0.1, 0.15) is 0 Å². The summed E-state index contributed by atoms with van der Waals surface area (Å²) in [5.74, 6) is 0. The molecule has 1 nitrogen and oxygen atoms in total. The molecule has 0 saturated heterocycles. The van der Waals surface area contributed by atoms with E-state index in [0.29, 0.717) is 0 Å². The third-order valence-corrected chi connectivity index (χ3v) is 13.3. The van der Waals surface area contributed by atoms with Crippen LogP contribution in [0.1, 0.15) is 0 Å². The standard InChI is InChI=1S/C52H33NS2/c1-2-14-35(15-3-1)42-20-10-21-43-44-22-11-24-47(52(44)55-51(42)43)53(46-23-8-6-17-40(46)38-28-27-34-13-4-5-16-37(34)33-38)39-31-29-36(30-32-39)41-19-12-26-49-50(41)45-18-7-9-25-48(45)54-49/h1-33H. The number of nitrogens with zero attached hydrogens (tertiary/aromatic N) is 1. The molecule has 0 aliphatic rings. The second kappa shape index (κ2) is 13.1. The van der Waals surface area contributed by atoms with Gasteiger partial charge in [0.25, 0.3) is 0 Å². The maximum Gasteiger partial charge on any atom is 0.0640 e. The summed E-state index contributed by atoms with van der Waals surface area (Å²) in [6, 6.07) is 73.4. The fraction of sp³-hybridized carbons (Fsp3) is 0. The van der Waals surface area contributed by atoms with Crippen LogP contribution in [0.15, 0.2) is 200 Å². The van der Waals surface area contributed by atoms with Crippen molar-refractivity contribution in [2.45, 2.75) is 0 Å². The normalized spacial score (nSPS) is 11.6. The summed E-state index contributed by atoms with van der Waals surface area (Å²) >= 11 is 3.76. The van der Waals surface area contributed by atoms with Crippen LogP contribution in [0.2, 0.25) is 0 Å². The predicted octanol–water partition coefficient (Wildman–Crippen LogP) is 16.0. The topological polar surface area (TPSA) is 3.24 Å². The zero-order valence-corrected chi connectivity index (χ0v) is 31.4. The first-order chi connectivity index (χ1) is 27.3. The first-order valence-electron chi connectivity index (χ1n) is 18.7. The van der Waals surface area contributed by atoms with E-state index in [1.807, 2.05) is 22.7 Å². The number of thiophene rings is 2. The number of anilines is 3. The minimum atomic E-state index is 1.12. The largest absolute Gasteiger partial charge is 0.308 e. The Bertz CT molecular complexity index is 3210. The molecule has 258 valence electrons. The van der Waals surface area contributed by atoms with Gasteiger partial charge < -0.3 is 4.90 Å². The molecule has 11 aromatic rings. The van der Waals surface area contributed by atoms with Crippen molar-refractivity contribution >= 4 is 90.9 Å². The Hall–Kier alpha value is -6.52. The summed E-state index contributed by atoms with van der Waals surface area (Å²) in [5, 5.41) is 7.70. The average Bonchev–Trinajstić information content (AvgIpc) is 3.84. The highest BCUT2D eigenvalue weighted by Gasteiger charge is 2.22. The lowest BCUT2D eigenvalue weighted by atomic mass is 9.97. The summed E-state index contributed by atoms with van der Waals surface area (Å²) in [7, 11) is 0. The van der Waals surface area contributed by atoms with Crippen molar-refractivity contribution in [2.75, 3.05) is 4.90 Å². The minimum Gasteiger partial charge on any atom is -0.308 e. The Balaban J connectivity index is 1.13. The van der Waals surface area contributed by atoms with Gasteiger partial charge in [0.15, 0.2) is 0 Å². The summed E-state index contributed by atoms with van der Waals surface area (Å²) in [6.45, 7) is 0. The Morgan fingerprint density at radius 2 is 0.927 bits per heavy atom. The molecule has 0 atom stereocenters. The van der Waals surface area contributed by atoms with Crippen molar-refractivity contribution in [1.82, 2.24) is 0 Å². The number of para-hydroxylation sites is 1. The van der Waals surface area contributed by atoms with E-state index in [1.54, 1.807) is 0 Å². The van der Waals surface area contributed by atoms with E-state index in [2.05, 4.69) is 205 Å². The molecule has 9 aromatic carbocycles. The van der Waals surface area contributed by atoms with E-state index in [4.69, 9.17) is 0 Å². The summed E-state index contributed by atoms with van der Waals surface area (Å²) in [6.07, 6.45) is 0. The predicted molar refractivity (Wildman–Crippen MR) is 241 cm³/mol. The van der Waals surface area contributed by atoms with E-state index >= 15 is 0 Å². The molecule has 0 saturated carbocycles. The van der Waals surface area contributed by atoms with E-state index in [-0.39, 0.29) is 0 Å². The molecule has 0 spiro atoms. The lowest BCUT2D eigenvalue weighted by molar-refractivity contribution is 1.30. The Morgan fingerprint density at radius 1 is 0.327 bits per heavy atom. The zero-order chi connectivity index (χ0) is 36.3. The average molecular weight is 736 g/mol. The molecule has 0 unspecified atom stereocenters. The van der Waals surface area contributed by atoms with Crippen LogP contribution in [0.3, 0.4) is 0 Å². The van der Waals surface area contributed by atoms with Crippen molar-refractivity contribution in [1.29, 1.82) is 0 Å². The van der Waals surface area contributed by atoms with Crippen LogP contribution in [0, 0.1) is 0 Å². The van der Waals surface area contributed by atoms with Crippen molar-refractivity contribution < 1.29 is 0 Å². The first-order valence-corrected chi connectivity index (χ1v) is 20.3. The molecule has 0 amide bonds. The van der Waals surface area contributed by atoms with Crippen LogP contribution in [0.25, 0.3) is 84.5 Å². The highest BCUT2D eigenvalue weighted by Crippen LogP contribution is 2.49. The molecule has 11 rings (SSSR count). The molecule has 3 heteroatoms. The van der Waals surface area contributed by atoms with E-state index in [1.165, 1.54) is 90.2 Å². The van der Waals surface area contributed by atoms with Gasteiger partial charge in [0.2, 0.25) is 0 Å². The van der Waals surface area contributed by atoms with Crippen molar-refractivity contribution in [3.05, 3.63) is 200 Å². The SMILES string of the molecule is c1ccc(-c2cccc3c2sc2c(N(c4ccc(-c5cccc6sc7ccccc7c56)cc4)c4ccccc4-c4ccc5ccccc5c4)cccc23)cc1. The van der Waals surface area contributed by atoms with E-state index in [0.717, 1.165) is 11.4 Å². The van der Waals surface area contributed by atoms with Gasteiger partial charge in [-0.05, 0) is 81.1 Å². The smallest absolute Gasteiger partial charge is 0.0640 e. The third-order valence-electron chi connectivity index (χ3n) is 10.9. The maximum absolute atomic E-state index is 2.48. The third kappa shape index (κ3) is 5.35. The van der Waals surface area contributed by atoms with Crippen LogP contribution in [0.4, 0.5) is 17.1 Å². The van der Waals surface area contributed by atoms with E-state index < -0.39 is 0 Å². The number of benzene rings is 9. The molecule has 0 fully saturated rings. The minimum absolute atomic E-state index is 1.12. The first kappa shape index (κ1) is 32.0. The number of hydrogen-bond donors (Lipinski definition) is 0. The van der Waals surface area contributed by atoms with E-state index in [9.17, 15) is 0 Å². The van der Waals surface area contributed by atoms with Crippen molar-refractivity contribution in [2.24, 2.45) is 0 Å². The Morgan fingerprint density at radius 3 is 1.82 bits per heavy atom. The molecule has 0 radical (unpaired) electrons. The molecule has 0 aliphatic carbocycles. The van der Waals surface area contributed by atoms with Crippen molar-refractivity contribution in [3.8, 4) is 33.4 Å². The fourth-order valence-electron chi connectivity index (χ4n) is 8.31. The second-order valence-electron chi connectivity index (χ2n) is 14.0. The van der Waals surface area contributed by atoms with Crippen LogP contribution in [0.5, 0.6) is 0 Å². The second-order valence-corrected chi connectivity index (χ2v) is 16.1. The lowest BCUT2D eigenvalue weighted by Crippen LogP contribution is -2.11. The van der Waals surface area contributed by atoms with Gasteiger partial charge in [0.05, 0.1) is 16.1 Å². The monoisotopic (exact) mass is 735 g/mol. The Kier molecular flexibility index (Phi) is 7.61. The zero-order valence-electron chi connectivity index (χ0n) is 29.8. The molecule has 0 N–H and O–H groups in total. The molecule has 0 bridgehead atoms. The Labute approximate surface area is 327 Å². The fourth-order valence-corrected chi connectivity index (χ4v) is 10.8. The molecular formula is C52H33NS2. The van der Waals surface area contributed by atoms with Gasteiger partial charge in [-0.15, -0.1) is 22.7 Å². The van der Waals surface area contributed by atoms with Crippen LogP contribution < -0.4 is 4.90 Å². The van der Waals surface area contributed by atoms with Gasteiger partial charge in [-0.1, -0.05) is 158 Å². The van der Waals surface area contributed by atoms with Gasteiger partial charge in [0, 0.05) is 46.9 Å². The number of hydrogen-bond acceptors (Lipinski definition) is 3. The van der Waals surface area contributed by atoms with Gasteiger partial charge in [-0.2, -0.15) is 0 Å². The molecule has 0 aliphatic heterocycles. The molecular weight excluding hydrogens is 703 g/mol. The highest BCUT2D eigenvalue weighted by molar-refractivity contribution is 7.27. The van der Waals surface area contributed by atoms with Crippen LogP contribution in [-0.2, 0) is 0 Å². The summed E-state index contributed by atoms with van der Waals surface area (Å²) in [5.41, 5.74) is 10.8. The van der Waals surface area contributed by atoms with Crippen LogP contribution >= 0.6 is 22.7 Å². The van der Waals surface area contributed by atoms with Gasteiger partial charge in [-0.3, -0.25) is 0 Å². The van der Waals surface area contributed by atoms with Gasteiger partial charge >= 0.3 is 0 Å². The molecule has 2 heterocycles. The van der Waals surface area contributed by atoms with Crippen molar-refractivity contribution in [3.63, 3.8) is 0 Å². The lowest BCUT2D eigenvalue weighted by Gasteiger charge is -2.28. The van der Waals surface area contributed by atoms with Crippen LogP contribution in [-0.4, -0.2) is 0 Å². The highest BCUT2D eigenvalue weighted by atomic mass is 32.1. The number of rotatable bonds is 6. The summed E-state index contributed by atoms with van der Waals surface area (Å²) in [4.78, 5) is 2.48. The quantitative estimate of drug-likeness (QED) is 0.164. The number of fused-ring (bicyclic) bond motifs is 7. The molecule has 2 aromatic heterocycles. The summed E-state index contributed by atoms with van der Waals surface area (Å²) < 4.78 is 5.23. The maximum atomic E-state index is 2.48. The molecule has 55 heavy (non-hydrogen) atoms. The van der Waals surface area contributed by atoms with Gasteiger partial charge in [-0.25, -0.2) is 0 Å².